The van der Waals surface area contributed by atoms with Crippen molar-refractivity contribution in [2.75, 3.05) is 31.4 Å². The number of rotatable bonds is 5. The van der Waals surface area contributed by atoms with Crippen LogP contribution in [0.25, 0.3) is 10.1 Å². The highest BCUT2D eigenvalue weighted by Crippen LogP contribution is 2.39. The van der Waals surface area contributed by atoms with E-state index in [1.54, 1.807) is 18.9 Å². The maximum Gasteiger partial charge on any atom is 0.263 e. The maximum atomic E-state index is 12.1. The monoisotopic (exact) mass is 296 g/mol. The molecule has 0 bridgehead atoms. The number of ether oxygens (including phenoxy) is 1. The molecule has 1 aromatic heterocycles. The normalized spacial score (nSPS) is 10.6. The lowest BCUT2D eigenvalue weighted by molar-refractivity contribution is 0.0961. The van der Waals surface area contributed by atoms with E-state index in [2.05, 4.69) is 5.32 Å². The summed E-state index contributed by atoms with van der Waals surface area (Å²) in [5.41, 5.74) is 6.58. The molecule has 6 heteroatoms. The summed E-state index contributed by atoms with van der Waals surface area (Å²) in [6.07, 6.45) is 2.00. The number of carbonyl (C=O) groups is 1. The Hall–Kier alpha value is -1.40. The lowest BCUT2D eigenvalue weighted by atomic mass is 10.2. The highest BCUT2D eigenvalue weighted by atomic mass is 32.2. The Balaban J connectivity index is 2.34. The van der Waals surface area contributed by atoms with Crippen molar-refractivity contribution in [3.8, 4) is 5.75 Å². The lowest BCUT2D eigenvalue weighted by Crippen LogP contribution is -2.25. The van der Waals surface area contributed by atoms with Gasteiger partial charge in [-0.1, -0.05) is 6.07 Å². The van der Waals surface area contributed by atoms with Gasteiger partial charge in [0.15, 0.2) is 0 Å². The summed E-state index contributed by atoms with van der Waals surface area (Å²) in [5, 5.41) is 3.69. The average molecular weight is 296 g/mol. The van der Waals surface area contributed by atoms with Crippen LogP contribution in [0.1, 0.15) is 9.67 Å². The first-order valence-corrected chi connectivity index (χ1v) is 8.02. The van der Waals surface area contributed by atoms with Crippen LogP contribution < -0.4 is 15.8 Å². The van der Waals surface area contributed by atoms with E-state index >= 15 is 0 Å². The van der Waals surface area contributed by atoms with Gasteiger partial charge >= 0.3 is 0 Å². The van der Waals surface area contributed by atoms with Crippen LogP contribution in [0.2, 0.25) is 0 Å². The van der Waals surface area contributed by atoms with Gasteiger partial charge in [-0.25, -0.2) is 0 Å². The van der Waals surface area contributed by atoms with Gasteiger partial charge in [0.1, 0.15) is 10.6 Å². The molecule has 0 radical (unpaired) electrons. The van der Waals surface area contributed by atoms with Crippen LogP contribution in [0.15, 0.2) is 18.2 Å². The number of carbonyl (C=O) groups excluding carboxylic acids is 1. The largest absolute Gasteiger partial charge is 0.496 e. The second-order valence-corrected chi connectivity index (χ2v) is 5.96. The van der Waals surface area contributed by atoms with Crippen LogP contribution in [0, 0.1) is 0 Å². The minimum absolute atomic E-state index is 0.116. The van der Waals surface area contributed by atoms with E-state index in [1.807, 2.05) is 24.5 Å². The van der Waals surface area contributed by atoms with Crippen LogP contribution in [0.4, 0.5) is 5.69 Å². The molecule has 0 aliphatic carbocycles. The number of fused-ring (bicyclic) bond motifs is 1. The molecular weight excluding hydrogens is 280 g/mol. The molecule has 0 saturated carbocycles. The van der Waals surface area contributed by atoms with E-state index in [4.69, 9.17) is 10.5 Å². The van der Waals surface area contributed by atoms with E-state index in [-0.39, 0.29) is 5.91 Å². The molecule has 2 aromatic rings. The fourth-order valence-electron chi connectivity index (χ4n) is 1.83. The highest BCUT2D eigenvalue weighted by Gasteiger charge is 2.18. The quantitative estimate of drug-likeness (QED) is 0.832. The summed E-state index contributed by atoms with van der Waals surface area (Å²) in [5.74, 6) is 1.48. The second kappa shape index (κ2) is 6.16. The van der Waals surface area contributed by atoms with Crippen LogP contribution in [-0.2, 0) is 0 Å². The van der Waals surface area contributed by atoms with Gasteiger partial charge < -0.3 is 15.8 Å². The summed E-state index contributed by atoms with van der Waals surface area (Å²) in [6.45, 7) is 0.644. The second-order valence-electron chi connectivity index (χ2n) is 3.93. The average Bonchev–Trinajstić information content (AvgIpc) is 2.76. The number of nitrogens with two attached hydrogens (primary N) is 1. The molecule has 4 nitrogen and oxygen atoms in total. The lowest BCUT2D eigenvalue weighted by Gasteiger charge is -2.04. The minimum Gasteiger partial charge on any atom is -0.496 e. The molecule has 1 heterocycles. The number of methoxy groups -OCH3 is 1. The fraction of sp³-hybridized carbons (Fsp3) is 0.308. The minimum atomic E-state index is -0.116. The van der Waals surface area contributed by atoms with Crippen molar-refractivity contribution >= 4 is 44.8 Å². The maximum absolute atomic E-state index is 12.1. The topological polar surface area (TPSA) is 64.3 Å². The Morgan fingerprint density at radius 3 is 3.00 bits per heavy atom. The van der Waals surface area contributed by atoms with E-state index in [9.17, 15) is 4.79 Å². The van der Waals surface area contributed by atoms with Crippen molar-refractivity contribution in [2.24, 2.45) is 0 Å². The Morgan fingerprint density at radius 1 is 1.53 bits per heavy atom. The molecule has 1 amide bonds. The highest BCUT2D eigenvalue weighted by molar-refractivity contribution is 7.98. The molecule has 0 saturated heterocycles. The van der Waals surface area contributed by atoms with E-state index < -0.39 is 0 Å². The van der Waals surface area contributed by atoms with Gasteiger partial charge in [-0.15, -0.1) is 11.3 Å². The van der Waals surface area contributed by atoms with Gasteiger partial charge in [0.05, 0.1) is 18.2 Å². The van der Waals surface area contributed by atoms with Crippen molar-refractivity contribution in [3.05, 3.63) is 23.1 Å². The fourth-order valence-corrected chi connectivity index (χ4v) is 3.19. The molecule has 19 heavy (non-hydrogen) atoms. The van der Waals surface area contributed by atoms with E-state index in [0.717, 1.165) is 15.8 Å². The Morgan fingerprint density at radius 2 is 2.32 bits per heavy atom. The smallest absolute Gasteiger partial charge is 0.263 e. The zero-order valence-electron chi connectivity index (χ0n) is 10.9. The number of nitrogen functional groups attached to an aromatic ring is 1. The summed E-state index contributed by atoms with van der Waals surface area (Å²) in [4.78, 5) is 12.6. The SMILES string of the molecule is COc1cccc2sc(C(=O)NCCSC)c(N)c12. The molecule has 0 aliphatic heterocycles. The Kier molecular flexibility index (Phi) is 4.55. The van der Waals surface area contributed by atoms with Gasteiger partial charge in [-0.2, -0.15) is 11.8 Å². The van der Waals surface area contributed by atoms with E-state index in [1.165, 1.54) is 11.3 Å². The third kappa shape index (κ3) is 2.79. The molecular formula is C13H16N2O2S2. The number of benzene rings is 1. The van der Waals surface area contributed by atoms with Crippen molar-refractivity contribution < 1.29 is 9.53 Å². The molecule has 0 unspecified atom stereocenters. The Labute approximate surface area is 120 Å². The third-order valence-electron chi connectivity index (χ3n) is 2.73. The van der Waals surface area contributed by atoms with Crippen LogP contribution in [0.5, 0.6) is 5.75 Å². The number of hydrogen-bond acceptors (Lipinski definition) is 5. The first kappa shape index (κ1) is 14.0. The van der Waals surface area contributed by atoms with Gasteiger partial charge in [0, 0.05) is 17.0 Å². The number of thiophene rings is 1. The summed E-state index contributed by atoms with van der Waals surface area (Å²) >= 11 is 3.09. The van der Waals surface area contributed by atoms with E-state index in [0.29, 0.717) is 22.9 Å². The van der Waals surface area contributed by atoms with Gasteiger partial charge in [0.25, 0.3) is 5.91 Å². The number of anilines is 1. The molecule has 2 rings (SSSR count). The zero-order valence-corrected chi connectivity index (χ0v) is 12.5. The molecule has 0 aliphatic rings. The molecule has 102 valence electrons. The van der Waals surface area contributed by atoms with Crippen molar-refractivity contribution in [2.45, 2.75) is 0 Å². The van der Waals surface area contributed by atoms with Gasteiger partial charge in [0.2, 0.25) is 0 Å². The predicted octanol–water partition coefficient (Wildman–Crippen LogP) is 2.58. The number of thioether (sulfide) groups is 1. The zero-order chi connectivity index (χ0) is 13.8. The van der Waals surface area contributed by atoms with Crippen LogP contribution >= 0.6 is 23.1 Å². The number of hydrogen-bond donors (Lipinski definition) is 2. The van der Waals surface area contributed by atoms with Gasteiger partial charge in [-0.3, -0.25) is 4.79 Å². The molecule has 3 N–H and O–H groups in total. The first-order valence-electron chi connectivity index (χ1n) is 5.81. The Bertz CT molecular complexity index is 596. The summed E-state index contributed by atoms with van der Waals surface area (Å²) in [6, 6.07) is 5.69. The molecule has 0 spiro atoms. The van der Waals surface area contributed by atoms with Crippen molar-refractivity contribution in [1.29, 1.82) is 0 Å². The molecule has 1 aromatic carbocycles. The summed E-state index contributed by atoms with van der Waals surface area (Å²) in [7, 11) is 1.60. The van der Waals surface area contributed by atoms with Crippen molar-refractivity contribution in [3.63, 3.8) is 0 Å². The number of nitrogens with one attached hydrogen (secondary N) is 1. The summed E-state index contributed by atoms with van der Waals surface area (Å²) < 4.78 is 6.26. The van der Waals surface area contributed by atoms with Crippen LogP contribution in [-0.4, -0.2) is 31.6 Å². The predicted molar refractivity (Wildman–Crippen MR) is 83.5 cm³/mol. The third-order valence-corrected chi connectivity index (χ3v) is 4.51. The standard InChI is InChI=1S/C13H16N2O2S2/c1-17-8-4-3-5-9-10(8)11(14)12(19-9)13(16)15-6-7-18-2/h3-5H,6-7,14H2,1-2H3,(H,15,16). The molecule has 0 fully saturated rings. The number of amides is 1. The first-order chi connectivity index (χ1) is 9.19. The molecule has 0 atom stereocenters. The van der Waals surface area contributed by atoms with Crippen LogP contribution in [0.3, 0.4) is 0 Å². The van der Waals surface area contributed by atoms with Gasteiger partial charge in [-0.05, 0) is 18.4 Å². The van der Waals surface area contributed by atoms with Crippen molar-refractivity contribution in [1.82, 2.24) is 5.32 Å².